The van der Waals surface area contributed by atoms with Crippen LogP contribution >= 0.6 is 11.6 Å². The summed E-state index contributed by atoms with van der Waals surface area (Å²) in [6, 6.07) is 9.16. The number of aliphatic hydroxyl groups excluding tert-OH is 1. The van der Waals surface area contributed by atoms with E-state index in [0.29, 0.717) is 17.3 Å². The van der Waals surface area contributed by atoms with E-state index in [9.17, 15) is 9.90 Å². The van der Waals surface area contributed by atoms with E-state index in [1.165, 1.54) is 0 Å². The number of aryl methyl sites for hydroxylation is 1. The Morgan fingerprint density at radius 2 is 2.21 bits per heavy atom. The molecule has 6 heteroatoms. The molecule has 0 spiro atoms. The van der Waals surface area contributed by atoms with Gasteiger partial charge in [0.15, 0.2) is 5.69 Å². The first-order valence-corrected chi connectivity index (χ1v) is 8.59. The van der Waals surface area contributed by atoms with Crippen molar-refractivity contribution in [3.8, 4) is 5.69 Å². The molecule has 5 nitrogen and oxygen atoms in total. The third-order valence-corrected chi connectivity index (χ3v) is 4.87. The van der Waals surface area contributed by atoms with Crippen molar-refractivity contribution in [1.29, 1.82) is 0 Å². The van der Waals surface area contributed by atoms with Gasteiger partial charge in [0.05, 0.1) is 11.8 Å². The molecule has 1 N–H and O–H groups in total. The molecule has 1 aliphatic carbocycles. The topological polar surface area (TPSA) is 58.4 Å². The van der Waals surface area contributed by atoms with E-state index in [2.05, 4.69) is 5.10 Å². The number of carbonyl (C=O) groups excluding carboxylic acids is 1. The monoisotopic (exact) mass is 347 g/mol. The lowest BCUT2D eigenvalue weighted by Crippen LogP contribution is -2.34. The molecule has 2 aromatic rings. The number of halogens is 1. The van der Waals surface area contributed by atoms with Gasteiger partial charge in [-0.3, -0.25) is 4.79 Å². The molecule has 1 heterocycles. The Morgan fingerprint density at radius 3 is 2.88 bits per heavy atom. The van der Waals surface area contributed by atoms with Gasteiger partial charge in [0.2, 0.25) is 0 Å². The molecule has 1 fully saturated rings. The fourth-order valence-corrected chi connectivity index (χ4v) is 3.49. The predicted molar refractivity (Wildman–Crippen MR) is 93.6 cm³/mol. The SMILES string of the molecule is Cc1cc(C(=O)N(C)CC2CCCC2O)nn1-c1cccc(Cl)c1. The lowest BCUT2D eigenvalue weighted by molar-refractivity contribution is 0.0688. The molecule has 1 aliphatic rings. The number of hydrogen-bond acceptors (Lipinski definition) is 3. The van der Waals surface area contributed by atoms with E-state index in [0.717, 1.165) is 30.6 Å². The second kappa shape index (κ2) is 6.95. The van der Waals surface area contributed by atoms with Gasteiger partial charge in [0.25, 0.3) is 5.91 Å². The van der Waals surface area contributed by atoms with Crippen LogP contribution < -0.4 is 0 Å². The second-order valence-corrected chi connectivity index (χ2v) is 6.94. The maximum atomic E-state index is 12.6. The molecular formula is C18H22ClN3O2. The highest BCUT2D eigenvalue weighted by Crippen LogP contribution is 2.26. The molecule has 1 saturated carbocycles. The molecule has 1 amide bonds. The average Bonchev–Trinajstić information content (AvgIpc) is 3.13. The van der Waals surface area contributed by atoms with Crippen LogP contribution in [0.5, 0.6) is 0 Å². The average molecular weight is 348 g/mol. The molecule has 0 radical (unpaired) electrons. The van der Waals surface area contributed by atoms with Crippen molar-refractivity contribution in [3.05, 3.63) is 46.7 Å². The van der Waals surface area contributed by atoms with Crippen molar-refractivity contribution in [2.45, 2.75) is 32.3 Å². The first kappa shape index (κ1) is 17.0. The molecule has 24 heavy (non-hydrogen) atoms. The first-order chi connectivity index (χ1) is 11.5. The minimum absolute atomic E-state index is 0.127. The van der Waals surface area contributed by atoms with Crippen LogP contribution in [0, 0.1) is 12.8 Å². The summed E-state index contributed by atoms with van der Waals surface area (Å²) in [5.74, 6) is 0.0352. The van der Waals surface area contributed by atoms with Crippen LogP contribution in [0.1, 0.15) is 35.4 Å². The maximum Gasteiger partial charge on any atom is 0.274 e. The van der Waals surface area contributed by atoms with Crippen LogP contribution in [0.25, 0.3) is 5.69 Å². The van der Waals surface area contributed by atoms with Crippen molar-refractivity contribution in [3.63, 3.8) is 0 Å². The fourth-order valence-electron chi connectivity index (χ4n) is 3.31. The highest BCUT2D eigenvalue weighted by molar-refractivity contribution is 6.30. The summed E-state index contributed by atoms with van der Waals surface area (Å²) < 4.78 is 1.72. The van der Waals surface area contributed by atoms with Crippen LogP contribution in [0.3, 0.4) is 0 Å². The first-order valence-electron chi connectivity index (χ1n) is 8.22. The van der Waals surface area contributed by atoms with Gasteiger partial charge >= 0.3 is 0 Å². The minimum atomic E-state index is -0.300. The molecular weight excluding hydrogens is 326 g/mol. The van der Waals surface area contributed by atoms with Crippen LogP contribution in [0.2, 0.25) is 5.02 Å². The number of carbonyl (C=O) groups is 1. The van der Waals surface area contributed by atoms with Gasteiger partial charge in [-0.1, -0.05) is 24.1 Å². The number of nitrogens with zero attached hydrogens (tertiary/aromatic N) is 3. The molecule has 2 unspecified atom stereocenters. The third-order valence-electron chi connectivity index (χ3n) is 4.63. The Labute approximate surface area is 146 Å². The second-order valence-electron chi connectivity index (χ2n) is 6.51. The maximum absolute atomic E-state index is 12.6. The molecule has 0 saturated heterocycles. The van der Waals surface area contributed by atoms with E-state index in [1.54, 1.807) is 28.8 Å². The Bertz CT molecular complexity index is 744. The third kappa shape index (κ3) is 3.47. The van der Waals surface area contributed by atoms with E-state index in [-0.39, 0.29) is 17.9 Å². The Balaban J connectivity index is 1.77. The van der Waals surface area contributed by atoms with Crippen LogP contribution in [-0.4, -0.2) is 45.4 Å². The Kier molecular flexibility index (Phi) is 4.92. The van der Waals surface area contributed by atoms with Crippen molar-refractivity contribution < 1.29 is 9.90 Å². The fraction of sp³-hybridized carbons (Fsp3) is 0.444. The number of aliphatic hydroxyl groups is 1. The molecule has 1 aromatic heterocycles. The molecule has 0 aliphatic heterocycles. The highest BCUT2D eigenvalue weighted by Gasteiger charge is 2.28. The van der Waals surface area contributed by atoms with Gasteiger partial charge in [-0.25, -0.2) is 4.68 Å². The molecule has 0 bridgehead atoms. The normalized spacial score (nSPS) is 20.3. The van der Waals surface area contributed by atoms with E-state index >= 15 is 0 Å². The number of amides is 1. The predicted octanol–water partition coefficient (Wildman–Crippen LogP) is 3.07. The standard InChI is InChI=1S/C18H22ClN3O2/c1-12-9-16(20-22(12)15-7-4-6-14(19)10-15)18(24)21(2)11-13-5-3-8-17(13)23/h4,6-7,9-10,13,17,23H,3,5,8,11H2,1-2H3. The van der Waals surface area contributed by atoms with Gasteiger partial charge in [-0.05, 0) is 44.0 Å². The minimum Gasteiger partial charge on any atom is -0.393 e. The van der Waals surface area contributed by atoms with Crippen LogP contribution in [-0.2, 0) is 0 Å². The largest absolute Gasteiger partial charge is 0.393 e. The van der Waals surface area contributed by atoms with Crippen LogP contribution in [0.4, 0.5) is 0 Å². The summed E-state index contributed by atoms with van der Waals surface area (Å²) >= 11 is 6.04. The van der Waals surface area contributed by atoms with E-state index < -0.39 is 0 Å². The lowest BCUT2D eigenvalue weighted by atomic mass is 10.1. The smallest absolute Gasteiger partial charge is 0.274 e. The Morgan fingerprint density at radius 1 is 1.42 bits per heavy atom. The summed E-state index contributed by atoms with van der Waals surface area (Å²) in [6.45, 7) is 2.47. The zero-order chi connectivity index (χ0) is 17.3. The van der Waals surface area contributed by atoms with E-state index in [1.807, 2.05) is 25.1 Å². The van der Waals surface area contributed by atoms with Gasteiger partial charge in [0.1, 0.15) is 0 Å². The van der Waals surface area contributed by atoms with Crippen LogP contribution in [0.15, 0.2) is 30.3 Å². The van der Waals surface area contributed by atoms with Crippen molar-refractivity contribution in [2.24, 2.45) is 5.92 Å². The molecule has 128 valence electrons. The zero-order valence-corrected chi connectivity index (χ0v) is 14.7. The molecule has 2 atom stereocenters. The van der Waals surface area contributed by atoms with E-state index in [4.69, 9.17) is 11.6 Å². The number of aromatic nitrogens is 2. The lowest BCUT2D eigenvalue weighted by Gasteiger charge is -2.22. The zero-order valence-electron chi connectivity index (χ0n) is 13.9. The summed E-state index contributed by atoms with van der Waals surface area (Å²) in [7, 11) is 1.76. The Hall–Kier alpha value is -1.85. The number of benzene rings is 1. The summed E-state index contributed by atoms with van der Waals surface area (Å²) in [6.07, 6.45) is 2.52. The summed E-state index contributed by atoms with van der Waals surface area (Å²) in [5, 5.41) is 15.0. The van der Waals surface area contributed by atoms with Gasteiger partial charge in [-0.2, -0.15) is 5.10 Å². The van der Waals surface area contributed by atoms with Gasteiger partial charge in [0, 0.05) is 30.2 Å². The quantitative estimate of drug-likeness (QED) is 0.924. The van der Waals surface area contributed by atoms with Gasteiger partial charge in [-0.15, -0.1) is 0 Å². The number of rotatable bonds is 4. The molecule has 1 aromatic carbocycles. The summed E-state index contributed by atoms with van der Waals surface area (Å²) in [4.78, 5) is 14.3. The van der Waals surface area contributed by atoms with Crippen molar-refractivity contribution >= 4 is 17.5 Å². The number of hydrogen-bond donors (Lipinski definition) is 1. The molecule has 3 rings (SSSR count). The summed E-state index contributed by atoms with van der Waals surface area (Å²) in [5.41, 5.74) is 2.10. The van der Waals surface area contributed by atoms with Crippen molar-refractivity contribution in [1.82, 2.24) is 14.7 Å². The highest BCUT2D eigenvalue weighted by atomic mass is 35.5. The van der Waals surface area contributed by atoms with Crippen molar-refractivity contribution in [2.75, 3.05) is 13.6 Å². The van der Waals surface area contributed by atoms with Gasteiger partial charge < -0.3 is 10.0 Å².